The Balaban J connectivity index is 2.32. The molecule has 0 aromatic rings. The Morgan fingerprint density at radius 1 is 1.28 bits per heavy atom. The maximum atomic E-state index is 6.18. The molecule has 3 atom stereocenters. The minimum Gasteiger partial charge on any atom is -0.377 e. The normalized spacial score (nSPS) is 29.2. The van der Waals surface area contributed by atoms with E-state index in [1.807, 2.05) is 0 Å². The lowest BCUT2D eigenvalue weighted by Gasteiger charge is -2.39. The Labute approximate surface area is 114 Å². The van der Waals surface area contributed by atoms with Crippen LogP contribution in [0.3, 0.4) is 0 Å². The molecule has 2 heteroatoms. The molecule has 0 saturated heterocycles. The standard InChI is InChI=1S/C16H33NO/c1-6-8-17-14(7-2)12-18-15-9-13(3)10-16(4,5)11-15/h13-15,17H,6-12H2,1-5H3. The Hall–Kier alpha value is -0.0800. The number of nitrogens with one attached hydrogen (secondary N) is 1. The maximum Gasteiger partial charge on any atom is 0.0623 e. The van der Waals surface area contributed by atoms with Crippen LogP contribution in [0.2, 0.25) is 0 Å². The Bertz CT molecular complexity index is 227. The molecule has 0 heterocycles. The summed E-state index contributed by atoms with van der Waals surface area (Å²) in [6.45, 7) is 13.6. The second-order valence-corrected chi connectivity index (χ2v) is 6.93. The van der Waals surface area contributed by atoms with Gasteiger partial charge >= 0.3 is 0 Å². The van der Waals surface area contributed by atoms with Crippen LogP contribution in [0.15, 0.2) is 0 Å². The molecule has 1 N–H and O–H groups in total. The molecular weight excluding hydrogens is 222 g/mol. The molecule has 18 heavy (non-hydrogen) atoms. The summed E-state index contributed by atoms with van der Waals surface area (Å²) in [4.78, 5) is 0. The van der Waals surface area contributed by atoms with Gasteiger partial charge in [0.05, 0.1) is 12.7 Å². The van der Waals surface area contributed by atoms with E-state index in [9.17, 15) is 0 Å². The van der Waals surface area contributed by atoms with Gasteiger partial charge in [-0.3, -0.25) is 0 Å². The molecule has 0 aliphatic heterocycles. The first-order chi connectivity index (χ1) is 8.46. The second kappa shape index (κ2) is 7.49. The number of hydrogen-bond acceptors (Lipinski definition) is 2. The molecule has 1 rings (SSSR count). The monoisotopic (exact) mass is 255 g/mol. The van der Waals surface area contributed by atoms with Crippen LogP contribution in [-0.4, -0.2) is 25.3 Å². The first kappa shape index (κ1) is 16.0. The molecule has 2 nitrogen and oxygen atoms in total. The predicted molar refractivity (Wildman–Crippen MR) is 78.9 cm³/mol. The van der Waals surface area contributed by atoms with Crippen LogP contribution in [-0.2, 0) is 4.74 Å². The summed E-state index contributed by atoms with van der Waals surface area (Å²) >= 11 is 0. The first-order valence-electron chi connectivity index (χ1n) is 7.81. The zero-order valence-corrected chi connectivity index (χ0v) is 13.1. The van der Waals surface area contributed by atoms with Crippen LogP contribution in [0.1, 0.15) is 66.7 Å². The van der Waals surface area contributed by atoms with Crippen molar-refractivity contribution in [2.24, 2.45) is 11.3 Å². The van der Waals surface area contributed by atoms with E-state index in [1.54, 1.807) is 0 Å². The lowest BCUT2D eigenvalue weighted by atomic mass is 9.71. The highest BCUT2D eigenvalue weighted by Crippen LogP contribution is 2.39. The average molecular weight is 255 g/mol. The van der Waals surface area contributed by atoms with Gasteiger partial charge in [-0.05, 0) is 50.0 Å². The van der Waals surface area contributed by atoms with E-state index in [2.05, 4.69) is 39.9 Å². The summed E-state index contributed by atoms with van der Waals surface area (Å²) < 4.78 is 6.18. The van der Waals surface area contributed by atoms with Gasteiger partial charge < -0.3 is 10.1 Å². The molecule has 1 aliphatic rings. The predicted octanol–water partition coefficient (Wildman–Crippen LogP) is 4.00. The van der Waals surface area contributed by atoms with Gasteiger partial charge in [-0.1, -0.05) is 34.6 Å². The Morgan fingerprint density at radius 2 is 2.00 bits per heavy atom. The van der Waals surface area contributed by atoms with Gasteiger partial charge in [-0.15, -0.1) is 0 Å². The SMILES string of the molecule is CCCNC(CC)COC1CC(C)CC(C)(C)C1. The zero-order valence-electron chi connectivity index (χ0n) is 13.1. The highest BCUT2D eigenvalue weighted by molar-refractivity contribution is 4.83. The molecular formula is C16H33NO. The molecule has 3 unspecified atom stereocenters. The third kappa shape index (κ3) is 5.71. The quantitative estimate of drug-likeness (QED) is 0.742. The number of hydrogen-bond donors (Lipinski definition) is 1. The van der Waals surface area contributed by atoms with Crippen molar-refractivity contribution < 1.29 is 4.74 Å². The lowest BCUT2D eigenvalue weighted by molar-refractivity contribution is -0.0309. The van der Waals surface area contributed by atoms with Crippen molar-refractivity contribution in [3.8, 4) is 0 Å². The zero-order chi connectivity index (χ0) is 13.6. The van der Waals surface area contributed by atoms with Crippen LogP contribution in [0, 0.1) is 11.3 Å². The van der Waals surface area contributed by atoms with E-state index in [0.29, 0.717) is 17.6 Å². The summed E-state index contributed by atoms with van der Waals surface area (Å²) in [6, 6.07) is 0.533. The van der Waals surface area contributed by atoms with E-state index in [4.69, 9.17) is 4.74 Å². The minimum absolute atomic E-state index is 0.459. The van der Waals surface area contributed by atoms with Crippen LogP contribution < -0.4 is 5.32 Å². The van der Waals surface area contributed by atoms with E-state index in [1.165, 1.54) is 25.7 Å². The fourth-order valence-corrected chi connectivity index (χ4v) is 3.31. The summed E-state index contributed by atoms with van der Waals surface area (Å²) in [5.41, 5.74) is 0.459. The van der Waals surface area contributed by atoms with Gasteiger partial charge in [-0.25, -0.2) is 0 Å². The highest BCUT2D eigenvalue weighted by atomic mass is 16.5. The van der Waals surface area contributed by atoms with Gasteiger partial charge in [-0.2, -0.15) is 0 Å². The molecule has 0 radical (unpaired) electrons. The molecule has 1 saturated carbocycles. The molecule has 1 fully saturated rings. The smallest absolute Gasteiger partial charge is 0.0623 e. The van der Waals surface area contributed by atoms with E-state index < -0.39 is 0 Å². The second-order valence-electron chi connectivity index (χ2n) is 6.93. The fourth-order valence-electron chi connectivity index (χ4n) is 3.31. The maximum absolute atomic E-state index is 6.18. The van der Waals surface area contributed by atoms with Crippen molar-refractivity contribution in [2.45, 2.75) is 78.9 Å². The van der Waals surface area contributed by atoms with Crippen molar-refractivity contribution in [3.63, 3.8) is 0 Å². The summed E-state index contributed by atoms with van der Waals surface area (Å²) in [5, 5.41) is 3.57. The molecule has 108 valence electrons. The summed E-state index contributed by atoms with van der Waals surface area (Å²) in [5.74, 6) is 0.808. The molecule has 0 aromatic heterocycles. The topological polar surface area (TPSA) is 21.3 Å². The van der Waals surface area contributed by atoms with E-state index in [0.717, 1.165) is 25.5 Å². The van der Waals surface area contributed by atoms with Crippen LogP contribution in [0.4, 0.5) is 0 Å². The molecule has 0 spiro atoms. The van der Waals surface area contributed by atoms with Gasteiger partial charge in [0, 0.05) is 6.04 Å². The largest absolute Gasteiger partial charge is 0.377 e. The molecule has 0 amide bonds. The average Bonchev–Trinajstić information content (AvgIpc) is 2.26. The van der Waals surface area contributed by atoms with Crippen LogP contribution in [0.5, 0.6) is 0 Å². The molecule has 0 bridgehead atoms. The van der Waals surface area contributed by atoms with E-state index in [-0.39, 0.29) is 0 Å². The van der Waals surface area contributed by atoms with Crippen molar-refractivity contribution in [2.75, 3.05) is 13.2 Å². The van der Waals surface area contributed by atoms with E-state index >= 15 is 0 Å². The third-order valence-electron chi connectivity index (χ3n) is 4.06. The first-order valence-corrected chi connectivity index (χ1v) is 7.81. The van der Waals surface area contributed by atoms with Crippen molar-refractivity contribution in [1.29, 1.82) is 0 Å². The van der Waals surface area contributed by atoms with Gasteiger partial charge in [0.2, 0.25) is 0 Å². The summed E-state index contributed by atoms with van der Waals surface area (Å²) in [6.07, 6.45) is 6.64. The number of rotatable bonds is 7. The Kier molecular flexibility index (Phi) is 6.65. The minimum atomic E-state index is 0.459. The van der Waals surface area contributed by atoms with Crippen LogP contribution in [0.25, 0.3) is 0 Å². The lowest BCUT2D eigenvalue weighted by Crippen LogP contribution is -2.38. The Morgan fingerprint density at radius 3 is 2.56 bits per heavy atom. The summed E-state index contributed by atoms with van der Waals surface area (Å²) in [7, 11) is 0. The fraction of sp³-hybridized carbons (Fsp3) is 1.00. The van der Waals surface area contributed by atoms with Crippen molar-refractivity contribution in [1.82, 2.24) is 5.32 Å². The number of ether oxygens (including phenoxy) is 1. The highest BCUT2D eigenvalue weighted by Gasteiger charge is 2.32. The van der Waals surface area contributed by atoms with Gasteiger partial charge in [0.25, 0.3) is 0 Å². The van der Waals surface area contributed by atoms with Crippen molar-refractivity contribution >= 4 is 0 Å². The molecule has 1 aliphatic carbocycles. The third-order valence-corrected chi connectivity index (χ3v) is 4.06. The van der Waals surface area contributed by atoms with Gasteiger partial charge in [0.15, 0.2) is 0 Å². The van der Waals surface area contributed by atoms with Crippen LogP contribution >= 0.6 is 0 Å². The molecule has 0 aromatic carbocycles. The van der Waals surface area contributed by atoms with Gasteiger partial charge in [0.1, 0.15) is 0 Å². The van der Waals surface area contributed by atoms with Crippen molar-refractivity contribution in [3.05, 3.63) is 0 Å².